The Morgan fingerprint density at radius 2 is 2.05 bits per heavy atom. The summed E-state index contributed by atoms with van der Waals surface area (Å²) in [5.41, 5.74) is 2.59. The van der Waals surface area contributed by atoms with E-state index in [-0.39, 0.29) is 0 Å². The van der Waals surface area contributed by atoms with E-state index in [1.165, 1.54) is 24.0 Å². The molecule has 0 unspecified atom stereocenters. The number of aromatic nitrogens is 2. The Bertz CT molecular complexity index is 482. The average Bonchev–Trinajstić information content (AvgIpc) is 2.98. The number of benzene rings is 1. The summed E-state index contributed by atoms with van der Waals surface area (Å²) in [6, 6.07) is 8.42. The molecule has 4 nitrogen and oxygen atoms in total. The maximum Gasteiger partial charge on any atom is 0.0945 e. The molecule has 1 aromatic carbocycles. The van der Waals surface area contributed by atoms with Gasteiger partial charge in [-0.15, -0.1) is 0 Å². The standard InChI is InChI=1S/C16H23N3O/c1-20-13-16-7-3-2-6-15(16)12-17-8-4-5-10-19-11-9-18-14-19/h2-3,6-7,9,11,14,17H,4-5,8,10,12-13H2,1H3. The van der Waals surface area contributed by atoms with Gasteiger partial charge >= 0.3 is 0 Å². The van der Waals surface area contributed by atoms with E-state index in [4.69, 9.17) is 4.74 Å². The van der Waals surface area contributed by atoms with E-state index in [1.54, 1.807) is 7.11 Å². The number of hydrogen-bond acceptors (Lipinski definition) is 3. The maximum absolute atomic E-state index is 5.22. The van der Waals surface area contributed by atoms with Gasteiger partial charge in [-0.2, -0.15) is 0 Å². The molecule has 0 aliphatic carbocycles. The topological polar surface area (TPSA) is 39.1 Å². The second kappa shape index (κ2) is 8.51. The van der Waals surface area contributed by atoms with E-state index in [2.05, 4.69) is 39.1 Å². The molecule has 0 atom stereocenters. The van der Waals surface area contributed by atoms with Crippen molar-refractivity contribution in [3.8, 4) is 0 Å². The Hall–Kier alpha value is -1.65. The normalized spacial score (nSPS) is 10.8. The molecule has 0 radical (unpaired) electrons. The quantitative estimate of drug-likeness (QED) is 0.714. The third-order valence-electron chi connectivity index (χ3n) is 3.31. The van der Waals surface area contributed by atoms with Crippen molar-refractivity contribution in [2.75, 3.05) is 13.7 Å². The Labute approximate surface area is 120 Å². The lowest BCUT2D eigenvalue weighted by atomic mass is 10.1. The van der Waals surface area contributed by atoms with E-state index in [0.717, 1.165) is 19.6 Å². The highest BCUT2D eigenvalue weighted by Crippen LogP contribution is 2.09. The van der Waals surface area contributed by atoms with E-state index < -0.39 is 0 Å². The number of ether oxygens (including phenoxy) is 1. The molecule has 0 saturated carbocycles. The summed E-state index contributed by atoms with van der Waals surface area (Å²) in [4.78, 5) is 4.04. The zero-order valence-corrected chi connectivity index (χ0v) is 12.1. The molecule has 0 spiro atoms. The van der Waals surface area contributed by atoms with Crippen LogP contribution in [-0.4, -0.2) is 23.2 Å². The molecule has 0 saturated heterocycles. The van der Waals surface area contributed by atoms with Crippen LogP contribution in [0.4, 0.5) is 0 Å². The molecule has 0 aliphatic heterocycles. The van der Waals surface area contributed by atoms with Gasteiger partial charge in [0.15, 0.2) is 0 Å². The predicted molar refractivity (Wildman–Crippen MR) is 80.3 cm³/mol. The number of imidazole rings is 1. The molecule has 0 fully saturated rings. The molecule has 2 aromatic rings. The van der Waals surface area contributed by atoms with Gasteiger partial charge in [0.25, 0.3) is 0 Å². The second-order valence-corrected chi connectivity index (χ2v) is 4.89. The monoisotopic (exact) mass is 273 g/mol. The Morgan fingerprint density at radius 1 is 1.20 bits per heavy atom. The number of aryl methyl sites for hydroxylation is 1. The minimum atomic E-state index is 0.679. The molecule has 0 amide bonds. The fourth-order valence-corrected chi connectivity index (χ4v) is 2.21. The SMILES string of the molecule is COCc1ccccc1CNCCCCn1ccnc1. The van der Waals surface area contributed by atoms with Crippen LogP contribution >= 0.6 is 0 Å². The number of nitrogens with one attached hydrogen (secondary N) is 1. The predicted octanol–water partition coefficient (Wildman–Crippen LogP) is 2.60. The minimum absolute atomic E-state index is 0.679. The molecule has 108 valence electrons. The van der Waals surface area contributed by atoms with Crippen LogP contribution in [0.5, 0.6) is 0 Å². The molecule has 1 heterocycles. The van der Waals surface area contributed by atoms with Crippen molar-refractivity contribution in [3.05, 3.63) is 54.1 Å². The lowest BCUT2D eigenvalue weighted by molar-refractivity contribution is 0.184. The molecule has 1 aromatic heterocycles. The van der Waals surface area contributed by atoms with Crippen LogP contribution < -0.4 is 5.32 Å². The largest absolute Gasteiger partial charge is 0.380 e. The van der Waals surface area contributed by atoms with Gasteiger partial charge in [0.1, 0.15) is 0 Å². The number of hydrogen-bond donors (Lipinski definition) is 1. The lowest BCUT2D eigenvalue weighted by Crippen LogP contribution is -2.16. The first kappa shape index (κ1) is 14.8. The highest BCUT2D eigenvalue weighted by Gasteiger charge is 2.00. The summed E-state index contributed by atoms with van der Waals surface area (Å²) in [6.07, 6.45) is 8.04. The first-order valence-corrected chi connectivity index (χ1v) is 7.12. The molecule has 4 heteroatoms. The van der Waals surface area contributed by atoms with Crippen LogP contribution in [0.15, 0.2) is 43.0 Å². The van der Waals surface area contributed by atoms with Crippen LogP contribution in [0.1, 0.15) is 24.0 Å². The number of rotatable bonds is 9. The summed E-state index contributed by atoms with van der Waals surface area (Å²) >= 11 is 0. The van der Waals surface area contributed by atoms with Crippen molar-refractivity contribution < 1.29 is 4.74 Å². The van der Waals surface area contributed by atoms with E-state index >= 15 is 0 Å². The highest BCUT2D eigenvalue weighted by atomic mass is 16.5. The lowest BCUT2D eigenvalue weighted by Gasteiger charge is -2.10. The van der Waals surface area contributed by atoms with Crippen molar-refractivity contribution in [2.45, 2.75) is 32.5 Å². The summed E-state index contributed by atoms with van der Waals surface area (Å²) < 4.78 is 7.34. The summed E-state index contributed by atoms with van der Waals surface area (Å²) in [6.45, 7) is 3.67. The van der Waals surface area contributed by atoms with Gasteiger partial charge in [0.2, 0.25) is 0 Å². The van der Waals surface area contributed by atoms with Crippen molar-refractivity contribution in [2.24, 2.45) is 0 Å². The summed E-state index contributed by atoms with van der Waals surface area (Å²) in [5.74, 6) is 0. The van der Waals surface area contributed by atoms with Gasteiger partial charge < -0.3 is 14.6 Å². The first-order chi connectivity index (χ1) is 9.90. The molecule has 1 N–H and O–H groups in total. The molecule has 20 heavy (non-hydrogen) atoms. The van der Waals surface area contributed by atoms with Gasteiger partial charge in [-0.1, -0.05) is 24.3 Å². The summed E-state index contributed by atoms with van der Waals surface area (Å²) in [5, 5.41) is 3.50. The number of nitrogens with zero attached hydrogens (tertiary/aromatic N) is 2. The van der Waals surface area contributed by atoms with Crippen LogP contribution in [0.25, 0.3) is 0 Å². The average molecular weight is 273 g/mol. The van der Waals surface area contributed by atoms with Gasteiger partial charge in [-0.3, -0.25) is 0 Å². The van der Waals surface area contributed by atoms with Gasteiger partial charge in [-0.25, -0.2) is 4.98 Å². The van der Waals surface area contributed by atoms with Gasteiger partial charge in [0, 0.05) is 32.6 Å². The van der Waals surface area contributed by atoms with E-state index in [0.29, 0.717) is 6.61 Å². The van der Waals surface area contributed by atoms with Crippen LogP contribution in [0.3, 0.4) is 0 Å². The number of unbranched alkanes of at least 4 members (excludes halogenated alkanes) is 1. The minimum Gasteiger partial charge on any atom is -0.380 e. The maximum atomic E-state index is 5.22. The fourth-order valence-electron chi connectivity index (χ4n) is 2.21. The molecular formula is C16H23N3O. The first-order valence-electron chi connectivity index (χ1n) is 7.12. The van der Waals surface area contributed by atoms with Crippen molar-refractivity contribution >= 4 is 0 Å². The third-order valence-corrected chi connectivity index (χ3v) is 3.31. The molecule has 2 rings (SSSR count). The van der Waals surface area contributed by atoms with Crippen LogP contribution in [-0.2, 0) is 24.4 Å². The molecular weight excluding hydrogens is 250 g/mol. The third kappa shape index (κ3) is 4.79. The molecule has 0 aliphatic rings. The van der Waals surface area contributed by atoms with Crippen LogP contribution in [0, 0.1) is 0 Å². The fraction of sp³-hybridized carbons (Fsp3) is 0.438. The smallest absolute Gasteiger partial charge is 0.0945 e. The Balaban J connectivity index is 1.63. The highest BCUT2D eigenvalue weighted by molar-refractivity contribution is 5.26. The Morgan fingerprint density at radius 3 is 2.80 bits per heavy atom. The van der Waals surface area contributed by atoms with Gasteiger partial charge in [-0.05, 0) is 30.5 Å². The number of methoxy groups -OCH3 is 1. The van der Waals surface area contributed by atoms with Crippen molar-refractivity contribution in [3.63, 3.8) is 0 Å². The van der Waals surface area contributed by atoms with E-state index in [1.807, 2.05) is 18.7 Å². The molecule has 0 bridgehead atoms. The zero-order chi connectivity index (χ0) is 14.0. The van der Waals surface area contributed by atoms with E-state index in [9.17, 15) is 0 Å². The van der Waals surface area contributed by atoms with Crippen LogP contribution in [0.2, 0.25) is 0 Å². The van der Waals surface area contributed by atoms with Crippen molar-refractivity contribution in [1.82, 2.24) is 14.9 Å². The second-order valence-electron chi connectivity index (χ2n) is 4.89. The van der Waals surface area contributed by atoms with Crippen molar-refractivity contribution in [1.29, 1.82) is 0 Å². The van der Waals surface area contributed by atoms with Gasteiger partial charge in [0.05, 0.1) is 12.9 Å². The summed E-state index contributed by atoms with van der Waals surface area (Å²) in [7, 11) is 1.74. The Kier molecular flexibility index (Phi) is 6.27. The zero-order valence-electron chi connectivity index (χ0n) is 12.1.